The molecule has 0 fully saturated rings. The quantitative estimate of drug-likeness (QED) is 0.659. The number of nitrogens with zero attached hydrogens (tertiary/aromatic N) is 1. The number of carbonyl (C=O) groups is 1. The molecule has 0 spiro atoms. The van der Waals surface area contributed by atoms with Crippen molar-refractivity contribution in [2.24, 2.45) is 0 Å². The van der Waals surface area contributed by atoms with Crippen LogP contribution in [0.4, 0.5) is 10.1 Å². The Morgan fingerprint density at radius 3 is 2.65 bits per heavy atom. The molecule has 0 aliphatic carbocycles. The van der Waals surface area contributed by atoms with E-state index in [0.29, 0.717) is 33.5 Å². The number of halogens is 2. The molecule has 0 aliphatic rings. The van der Waals surface area contributed by atoms with Gasteiger partial charge in [0, 0.05) is 12.1 Å². The van der Waals surface area contributed by atoms with Gasteiger partial charge >= 0.3 is 0 Å². The van der Waals surface area contributed by atoms with Gasteiger partial charge in [0.1, 0.15) is 16.4 Å². The molecule has 0 bridgehead atoms. The third-order valence-corrected chi connectivity index (χ3v) is 5.18. The molecule has 0 saturated heterocycles. The molecular formula is C19H16ClFN2O2S. The number of hydrogen-bond acceptors (Lipinski definition) is 4. The van der Waals surface area contributed by atoms with Crippen molar-refractivity contribution in [3.8, 4) is 5.75 Å². The van der Waals surface area contributed by atoms with Crippen LogP contribution >= 0.6 is 22.9 Å². The number of benzene rings is 2. The molecule has 134 valence electrons. The molecule has 2 aromatic carbocycles. The van der Waals surface area contributed by atoms with Crippen LogP contribution in [0.5, 0.6) is 5.75 Å². The van der Waals surface area contributed by atoms with E-state index in [4.69, 9.17) is 16.3 Å². The number of rotatable bonds is 5. The van der Waals surface area contributed by atoms with E-state index in [2.05, 4.69) is 10.3 Å². The molecule has 0 saturated carbocycles. The van der Waals surface area contributed by atoms with Crippen molar-refractivity contribution < 1.29 is 13.9 Å². The number of carbonyl (C=O) groups excluding carboxylic acids is 1. The first-order valence-corrected chi connectivity index (χ1v) is 9.01. The fourth-order valence-corrected chi connectivity index (χ4v) is 3.70. The molecule has 3 rings (SSSR count). The molecule has 4 nitrogen and oxygen atoms in total. The van der Waals surface area contributed by atoms with E-state index < -0.39 is 0 Å². The topological polar surface area (TPSA) is 51.2 Å². The van der Waals surface area contributed by atoms with E-state index in [-0.39, 0.29) is 11.7 Å². The lowest BCUT2D eigenvalue weighted by atomic mass is 10.1. The lowest BCUT2D eigenvalue weighted by Crippen LogP contribution is -2.11. The maximum absolute atomic E-state index is 13.0. The van der Waals surface area contributed by atoms with Crippen LogP contribution in [0.25, 0.3) is 0 Å². The first-order chi connectivity index (χ1) is 12.5. The van der Waals surface area contributed by atoms with E-state index in [1.165, 1.54) is 30.6 Å². The van der Waals surface area contributed by atoms with Crippen LogP contribution in [-0.2, 0) is 6.42 Å². The Bertz CT molecular complexity index is 941. The minimum absolute atomic E-state index is 0.244. The van der Waals surface area contributed by atoms with Crippen molar-refractivity contribution in [2.45, 2.75) is 13.3 Å². The first-order valence-electron chi connectivity index (χ1n) is 7.82. The molecule has 0 unspecified atom stereocenters. The van der Waals surface area contributed by atoms with Crippen LogP contribution in [0.3, 0.4) is 0 Å². The van der Waals surface area contributed by atoms with Crippen molar-refractivity contribution >= 4 is 34.5 Å². The highest BCUT2D eigenvalue weighted by atomic mass is 35.5. The van der Waals surface area contributed by atoms with Gasteiger partial charge in [-0.25, -0.2) is 9.37 Å². The summed E-state index contributed by atoms with van der Waals surface area (Å²) in [7, 11) is 1.53. The van der Waals surface area contributed by atoms with Crippen LogP contribution in [0, 0.1) is 12.7 Å². The molecule has 3 aromatic rings. The average molecular weight is 391 g/mol. The minimum atomic E-state index is -0.276. The lowest BCUT2D eigenvalue weighted by molar-refractivity contribution is 0.103. The molecule has 0 radical (unpaired) electrons. The molecular weight excluding hydrogens is 375 g/mol. The number of hydrogen-bond donors (Lipinski definition) is 1. The summed E-state index contributed by atoms with van der Waals surface area (Å²) in [6, 6.07) is 11.3. The summed E-state index contributed by atoms with van der Waals surface area (Å²) >= 11 is 7.41. The molecule has 1 heterocycles. The summed E-state index contributed by atoms with van der Waals surface area (Å²) in [5, 5.41) is 4.04. The Kier molecular flexibility index (Phi) is 5.54. The smallest absolute Gasteiger partial charge is 0.267 e. The van der Waals surface area contributed by atoms with Crippen LogP contribution in [0.1, 0.15) is 25.9 Å². The Balaban J connectivity index is 1.74. The Labute approximate surface area is 159 Å². The number of methoxy groups -OCH3 is 1. The SMILES string of the molecule is COc1ccc(NC(=O)c2sc(Cc3ccc(F)cc3)nc2C)cc1Cl. The number of ether oxygens (including phenoxy) is 1. The number of anilines is 1. The van der Waals surface area contributed by atoms with Crippen molar-refractivity contribution in [3.05, 3.63) is 74.4 Å². The van der Waals surface area contributed by atoms with Gasteiger partial charge in [0.05, 0.1) is 22.8 Å². The maximum atomic E-state index is 13.0. The number of amides is 1. The fourth-order valence-electron chi connectivity index (χ4n) is 2.45. The van der Waals surface area contributed by atoms with E-state index in [0.717, 1.165) is 10.6 Å². The zero-order valence-corrected chi connectivity index (χ0v) is 15.7. The van der Waals surface area contributed by atoms with E-state index in [1.54, 1.807) is 37.3 Å². The second-order valence-electron chi connectivity index (χ2n) is 5.63. The third kappa shape index (κ3) is 4.20. The van der Waals surface area contributed by atoms with Crippen molar-refractivity contribution in [2.75, 3.05) is 12.4 Å². The van der Waals surface area contributed by atoms with E-state index >= 15 is 0 Å². The highest BCUT2D eigenvalue weighted by Crippen LogP contribution is 2.28. The van der Waals surface area contributed by atoms with Gasteiger partial charge in [-0.15, -0.1) is 11.3 Å². The highest BCUT2D eigenvalue weighted by Gasteiger charge is 2.16. The largest absolute Gasteiger partial charge is 0.495 e. The summed E-state index contributed by atoms with van der Waals surface area (Å²) in [4.78, 5) is 17.5. The van der Waals surface area contributed by atoms with Crippen molar-refractivity contribution in [1.29, 1.82) is 0 Å². The fraction of sp³-hybridized carbons (Fsp3) is 0.158. The van der Waals surface area contributed by atoms with Gasteiger partial charge in [-0.3, -0.25) is 4.79 Å². The zero-order chi connectivity index (χ0) is 18.7. The summed E-state index contributed by atoms with van der Waals surface area (Å²) < 4.78 is 18.1. The Hall–Kier alpha value is -2.44. The Morgan fingerprint density at radius 1 is 1.27 bits per heavy atom. The molecule has 1 aromatic heterocycles. The summed E-state index contributed by atoms with van der Waals surface area (Å²) in [6.45, 7) is 1.79. The maximum Gasteiger partial charge on any atom is 0.267 e. The second kappa shape index (κ2) is 7.85. The second-order valence-corrected chi connectivity index (χ2v) is 7.12. The first kappa shape index (κ1) is 18.4. The van der Waals surface area contributed by atoms with Crippen LogP contribution < -0.4 is 10.1 Å². The summed E-state index contributed by atoms with van der Waals surface area (Å²) in [5.41, 5.74) is 2.17. The van der Waals surface area contributed by atoms with Gasteiger partial charge in [-0.1, -0.05) is 23.7 Å². The van der Waals surface area contributed by atoms with Gasteiger partial charge in [-0.05, 0) is 42.8 Å². The molecule has 1 amide bonds. The number of aromatic nitrogens is 1. The number of thiazole rings is 1. The highest BCUT2D eigenvalue weighted by molar-refractivity contribution is 7.14. The monoisotopic (exact) mass is 390 g/mol. The van der Waals surface area contributed by atoms with Crippen molar-refractivity contribution in [1.82, 2.24) is 4.98 Å². The molecule has 0 aliphatic heterocycles. The van der Waals surface area contributed by atoms with Crippen LogP contribution in [0.15, 0.2) is 42.5 Å². The standard InChI is InChI=1S/C19H16ClFN2O2S/c1-11-18(19(24)23-14-7-8-16(25-2)15(20)10-14)26-17(22-11)9-12-3-5-13(21)6-4-12/h3-8,10H,9H2,1-2H3,(H,23,24). The van der Waals surface area contributed by atoms with Gasteiger partial charge in [0.2, 0.25) is 0 Å². The molecule has 1 N–H and O–H groups in total. The van der Waals surface area contributed by atoms with Gasteiger partial charge in [0.15, 0.2) is 0 Å². The predicted octanol–water partition coefficient (Wildman–Crippen LogP) is 5.10. The van der Waals surface area contributed by atoms with Gasteiger partial charge < -0.3 is 10.1 Å². The number of aryl methyl sites for hydroxylation is 1. The predicted molar refractivity (Wildman–Crippen MR) is 102 cm³/mol. The normalized spacial score (nSPS) is 10.6. The Morgan fingerprint density at radius 2 is 2.00 bits per heavy atom. The van der Waals surface area contributed by atoms with Gasteiger partial charge in [-0.2, -0.15) is 0 Å². The van der Waals surface area contributed by atoms with Crippen LogP contribution in [-0.4, -0.2) is 18.0 Å². The lowest BCUT2D eigenvalue weighted by Gasteiger charge is -2.07. The third-order valence-electron chi connectivity index (χ3n) is 3.73. The number of nitrogens with one attached hydrogen (secondary N) is 1. The molecule has 26 heavy (non-hydrogen) atoms. The summed E-state index contributed by atoms with van der Waals surface area (Å²) in [6.07, 6.45) is 0.549. The van der Waals surface area contributed by atoms with Crippen molar-refractivity contribution in [3.63, 3.8) is 0 Å². The van der Waals surface area contributed by atoms with Crippen LogP contribution in [0.2, 0.25) is 5.02 Å². The molecule has 0 atom stereocenters. The van der Waals surface area contributed by atoms with E-state index in [1.807, 2.05) is 0 Å². The average Bonchev–Trinajstić information content (AvgIpc) is 2.97. The zero-order valence-electron chi connectivity index (χ0n) is 14.2. The molecule has 7 heteroatoms. The van der Waals surface area contributed by atoms with E-state index in [9.17, 15) is 9.18 Å². The summed E-state index contributed by atoms with van der Waals surface area (Å²) in [5.74, 6) is 0.0223. The minimum Gasteiger partial charge on any atom is -0.495 e. The van der Waals surface area contributed by atoms with Gasteiger partial charge in [0.25, 0.3) is 5.91 Å².